The van der Waals surface area contributed by atoms with Crippen LogP contribution in [-0.2, 0) is 11.2 Å². The molecule has 1 aromatic rings. The van der Waals surface area contributed by atoms with E-state index in [1.807, 2.05) is 17.0 Å². The number of aryl methyl sites for hydroxylation is 1. The number of nitrogens with zero attached hydrogens (tertiary/aromatic N) is 1. The summed E-state index contributed by atoms with van der Waals surface area (Å²) in [6.07, 6.45) is 5.82. The Balaban J connectivity index is 1.64. The maximum atomic E-state index is 12.4. The molecule has 0 aliphatic carbocycles. The van der Waals surface area contributed by atoms with Gasteiger partial charge in [0, 0.05) is 25.6 Å². The first-order valence-electron chi connectivity index (χ1n) is 9.08. The predicted octanol–water partition coefficient (Wildman–Crippen LogP) is 3.38. The summed E-state index contributed by atoms with van der Waals surface area (Å²) in [6, 6.07) is 8.43. The number of carbonyl (C=O) groups is 1. The molecule has 134 valence electrons. The second kappa shape index (κ2) is 8.52. The molecule has 0 radical (unpaired) electrons. The van der Waals surface area contributed by atoms with Crippen molar-refractivity contribution >= 4 is 5.91 Å². The van der Waals surface area contributed by atoms with Gasteiger partial charge >= 0.3 is 0 Å². The monoisotopic (exact) mass is 332 g/mol. The van der Waals surface area contributed by atoms with Crippen molar-refractivity contribution in [3.8, 4) is 5.75 Å². The maximum absolute atomic E-state index is 12.4. The molecule has 1 heterocycles. The number of methoxy groups -OCH3 is 1. The molecule has 0 bridgehead atoms. The normalized spacial score (nSPS) is 20.0. The SMILES string of the molecule is COc1ccc(CCCCCC(=O)N2CCC(N)C(C)(C)C2)cc1. The van der Waals surface area contributed by atoms with Gasteiger partial charge in [0.15, 0.2) is 0 Å². The molecule has 2 N–H and O–H groups in total. The molecule has 1 fully saturated rings. The summed E-state index contributed by atoms with van der Waals surface area (Å²) in [4.78, 5) is 14.4. The van der Waals surface area contributed by atoms with Crippen LogP contribution in [0.3, 0.4) is 0 Å². The molecule has 0 aromatic heterocycles. The third-order valence-electron chi connectivity index (χ3n) is 5.18. The fraction of sp³-hybridized carbons (Fsp3) is 0.650. The van der Waals surface area contributed by atoms with Crippen LogP contribution < -0.4 is 10.5 Å². The summed E-state index contributed by atoms with van der Waals surface area (Å²) < 4.78 is 5.17. The van der Waals surface area contributed by atoms with Crippen molar-refractivity contribution in [1.82, 2.24) is 4.90 Å². The zero-order valence-corrected chi connectivity index (χ0v) is 15.4. The fourth-order valence-corrected chi connectivity index (χ4v) is 3.32. The number of rotatable bonds is 7. The lowest BCUT2D eigenvalue weighted by Gasteiger charge is -2.42. The minimum Gasteiger partial charge on any atom is -0.497 e. The number of hydrogen-bond donors (Lipinski definition) is 1. The molecule has 1 aliphatic heterocycles. The van der Waals surface area contributed by atoms with Crippen LogP contribution in [-0.4, -0.2) is 37.0 Å². The molecule has 1 unspecified atom stereocenters. The number of benzene rings is 1. The van der Waals surface area contributed by atoms with Crippen molar-refractivity contribution in [3.05, 3.63) is 29.8 Å². The Hall–Kier alpha value is -1.55. The van der Waals surface area contributed by atoms with E-state index in [-0.39, 0.29) is 11.5 Å². The third-order valence-corrected chi connectivity index (χ3v) is 5.18. The molecule has 2 rings (SSSR count). The van der Waals surface area contributed by atoms with Crippen LogP contribution in [0.25, 0.3) is 0 Å². The Bertz CT molecular complexity index is 525. The second-order valence-corrected chi connectivity index (χ2v) is 7.61. The van der Waals surface area contributed by atoms with Crippen molar-refractivity contribution in [2.75, 3.05) is 20.2 Å². The Morgan fingerprint density at radius 1 is 1.25 bits per heavy atom. The van der Waals surface area contributed by atoms with E-state index in [9.17, 15) is 4.79 Å². The second-order valence-electron chi connectivity index (χ2n) is 7.61. The lowest BCUT2D eigenvalue weighted by atomic mass is 9.79. The van der Waals surface area contributed by atoms with E-state index in [1.165, 1.54) is 5.56 Å². The van der Waals surface area contributed by atoms with Crippen molar-refractivity contribution in [3.63, 3.8) is 0 Å². The molecule has 24 heavy (non-hydrogen) atoms. The van der Waals surface area contributed by atoms with Gasteiger partial charge in [-0.3, -0.25) is 4.79 Å². The smallest absolute Gasteiger partial charge is 0.222 e. The Morgan fingerprint density at radius 2 is 1.96 bits per heavy atom. The Kier molecular flexibility index (Phi) is 6.67. The van der Waals surface area contributed by atoms with Crippen LogP contribution in [0.5, 0.6) is 5.75 Å². The van der Waals surface area contributed by atoms with Gasteiger partial charge in [0.05, 0.1) is 7.11 Å². The average molecular weight is 332 g/mol. The Labute approximate surface area is 146 Å². The van der Waals surface area contributed by atoms with Crippen LogP contribution in [0.1, 0.15) is 51.5 Å². The molecular weight excluding hydrogens is 300 g/mol. The summed E-state index contributed by atoms with van der Waals surface area (Å²) >= 11 is 0. The summed E-state index contributed by atoms with van der Waals surface area (Å²) in [7, 11) is 1.68. The first-order valence-corrected chi connectivity index (χ1v) is 9.08. The van der Waals surface area contributed by atoms with Gasteiger partial charge < -0.3 is 15.4 Å². The van der Waals surface area contributed by atoms with Crippen LogP contribution in [0.15, 0.2) is 24.3 Å². The van der Waals surface area contributed by atoms with Crippen molar-refractivity contribution < 1.29 is 9.53 Å². The van der Waals surface area contributed by atoms with Crippen LogP contribution >= 0.6 is 0 Å². The van der Waals surface area contributed by atoms with Crippen molar-refractivity contribution in [2.24, 2.45) is 11.1 Å². The van der Waals surface area contributed by atoms with Gasteiger partial charge in [0.2, 0.25) is 5.91 Å². The molecule has 1 atom stereocenters. The van der Waals surface area contributed by atoms with Gasteiger partial charge in [-0.05, 0) is 48.8 Å². The average Bonchev–Trinajstić information content (AvgIpc) is 2.57. The highest BCUT2D eigenvalue weighted by molar-refractivity contribution is 5.76. The van der Waals surface area contributed by atoms with Crippen molar-refractivity contribution in [1.29, 1.82) is 0 Å². The van der Waals surface area contributed by atoms with Gasteiger partial charge in [0.25, 0.3) is 0 Å². The molecule has 0 spiro atoms. The molecule has 1 aromatic carbocycles. The number of ether oxygens (including phenoxy) is 1. The van der Waals surface area contributed by atoms with E-state index < -0.39 is 0 Å². The molecule has 4 heteroatoms. The van der Waals surface area contributed by atoms with Crippen LogP contribution in [0.4, 0.5) is 0 Å². The first kappa shape index (κ1) is 18.8. The highest BCUT2D eigenvalue weighted by Crippen LogP contribution is 2.28. The minimum atomic E-state index is 0.0300. The molecule has 1 aliphatic rings. The Morgan fingerprint density at radius 3 is 2.58 bits per heavy atom. The van der Waals surface area contributed by atoms with Crippen LogP contribution in [0, 0.1) is 5.41 Å². The van der Waals surface area contributed by atoms with Gasteiger partial charge in [-0.2, -0.15) is 0 Å². The fourth-order valence-electron chi connectivity index (χ4n) is 3.32. The third kappa shape index (κ3) is 5.23. The van der Waals surface area contributed by atoms with Crippen LogP contribution in [0.2, 0.25) is 0 Å². The van der Waals surface area contributed by atoms with E-state index >= 15 is 0 Å². The summed E-state index contributed by atoms with van der Waals surface area (Å²) in [6.45, 7) is 5.92. The highest BCUT2D eigenvalue weighted by Gasteiger charge is 2.34. The molecule has 1 saturated heterocycles. The standard InChI is InChI=1S/C20H32N2O2/c1-20(2)15-22(14-13-18(20)21)19(23)8-6-4-5-7-16-9-11-17(24-3)12-10-16/h9-12,18H,4-8,13-15,21H2,1-3H3. The lowest BCUT2D eigenvalue weighted by Crippen LogP contribution is -2.53. The van der Waals surface area contributed by atoms with Gasteiger partial charge in [-0.15, -0.1) is 0 Å². The highest BCUT2D eigenvalue weighted by atomic mass is 16.5. The lowest BCUT2D eigenvalue weighted by molar-refractivity contribution is -0.134. The first-order chi connectivity index (χ1) is 11.4. The number of piperidine rings is 1. The summed E-state index contributed by atoms with van der Waals surface area (Å²) in [5.41, 5.74) is 7.50. The maximum Gasteiger partial charge on any atom is 0.222 e. The quantitative estimate of drug-likeness (QED) is 0.779. The zero-order chi connectivity index (χ0) is 17.6. The van der Waals surface area contributed by atoms with Gasteiger partial charge in [-0.1, -0.05) is 32.4 Å². The van der Waals surface area contributed by atoms with Gasteiger partial charge in [-0.25, -0.2) is 0 Å². The number of carbonyl (C=O) groups excluding carboxylic acids is 1. The number of likely N-dealkylation sites (tertiary alicyclic amines) is 1. The van der Waals surface area contributed by atoms with Crippen molar-refractivity contribution in [2.45, 2.75) is 58.4 Å². The number of amides is 1. The topological polar surface area (TPSA) is 55.6 Å². The minimum absolute atomic E-state index is 0.0300. The molecule has 0 saturated carbocycles. The van der Waals surface area contributed by atoms with E-state index in [1.54, 1.807) is 7.11 Å². The van der Waals surface area contributed by atoms with E-state index in [0.717, 1.165) is 50.9 Å². The predicted molar refractivity (Wildman–Crippen MR) is 98.1 cm³/mol. The van der Waals surface area contributed by atoms with E-state index in [4.69, 9.17) is 10.5 Å². The molecule has 4 nitrogen and oxygen atoms in total. The summed E-state index contributed by atoms with van der Waals surface area (Å²) in [5.74, 6) is 1.19. The van der Waals surface area contributed by atoms with E-state index in [2.05, 4.69) is 26.0 Å². The van der Waals surface area contributed by atoms with Gasteiger partial charge in [0.1, 0.15) is 5.75 Å². The van der Waals surface area contributed by atoms with E-state index in [0.29, 0.717) is 12.3 Å². The zero-order valence-electron chi connectivity index (χ0n) is 15.4. The number of unbranched alkanes of at least 4 members (excludes halogenated alkanes) is 2. The largest absolute Gasteiger partial charge is 0.497 e. The molecular formula is C20H32N2O2. The molecule has 1 amide bonds. The number of nitrogens with two attached hydrogens (primary N) is 1. The number of hydrogen-bond acceptors (Lipinski definition) is 3. The summed E-state index contributed by atoms with van der Waals surface area (Å²) in [5, 5.41) is 0.